The van der Waals surface area contributed by atoms with E-state index in [1.54, 1.807) is 18.5 Å². The van der Waals surface area contributed by atoms with Crippen molar-refractivity contribution in [1.29, 1.82) is 0 Å². The number of aromatic nitrogens is 4. The third-order valence-corrected chi connectivity index (χ3v) is 4.94. The van der Waals surface area contributed by atoms with E-state index in [0.29, 0.717) is 12.2 Å². The van der Waals surface area contributed by atoms with Crippen molar-refractivity contribution >= 4 is 28.4 Å². The van der Waals surface area contributed by atoms with Crippen LogP contribution in [0, 0.1) is 12.7 Å². The molecular weight excluding hydrogens is 361 g/mol. The van der Waals surface area contributed by atoms with E-state index in [1.165, 1.54) is 12.1 Å². The van der Waals surface area contributed by atoms with Crippen molar-refractivity contribution in [3.8, 4) is 0 Å². The first-order valence-corrected chi connectivity index (χ1v) is 9.18. The summed E-state index contributed by atoms with van der Waals surface area (Å²) in [5, 5.41) is 7.25. The molecule has 1 fully saturated rings. The fourth-order valence-electron chi connectivity index (χ4n) is 3.54. The summed E-state index contributed by atoms with van der Waals surface area (Å²) in [4.78, 5) is 25.4. The van der Waals surface area contributed by atoms with Gasteiger partial charge >= 0.3 is 0 Å². The number of amides is 1. The molecule has 0 aliphatic carbocycles. The van der Waals surface area contributed by atoms with Crippen LogP contribution in [0.4, 0.5) is 15.9 Å². The van der Waals surface area contributed by atoms with E-state index in [9.17, 15) is 9.18 Å². The highest BCUT2D eigenvalue weighted by molar-refractivity contribution is 5.92. The minimum Gasteiger partial charge on any atom is -0.352 e. The molecule has 4 rings (SSSR count). The largest absolute Gasteiger partial charge is 0.352 e. The third kappa shape index (κ3) is 3.65. The van der Waals surface area contributed by atoms with Crippen LogP contribution in [0.15, 0.2) is 30.6 Å². The number of benzene rings is 1. The van der Waals surface area contributed by atoms with Crippen LogP contribution < -0.4 is 10.2 Å². The molecule has 1 aliphatic rings. The van der Waals surface area contributed by atoms with Crippen molar-refractivity contribution in [2.24, 2.45) is 7.05 Å². The van der Waals surface area contributed by atoms with Crippen LogP contribution in [0.5, 0.6) is 0 Å². The first-order valence-electron chi connectivity index (χ1n) is 9.18. The second kappa shape index (κ2) is 7.51. The van der Waals surface area contributed by atoms with Crippen LogP contribution >= 0.6 is 0 Å². The average molecular weight is 383 g/mol. The van der Waals surface area contributed by atoms with Gasteiger partial charge in [0.2, 0.25) is 5.91 Å². The summed E-state index contributed by atoms with van der Waals surface area (Å²) in [6.45, 7) is 5.27. The number of hydrogen-bond donors (Lipinski definition) is 1. The SMILES string of the molecule is Cc1nn(C)c2c(N3CCN(CC(=O)Nc4ccc(F)cc4)CC3)ncnc12. The number of carbonyl (C=O) groups is 1. The van der Waals surface area contributed by atoms with E-state index in [4.69, 9.17) is 0 Å². The number of piperazine rings is 1. The molecule has 1 saturated heterocycles. The number of rotatable bonds is 4. The Morgan fingerprint density at radius 1 is 1.14 bits per heavy atom. The maximum atomic E-state index is 13.0. The summed E-state index contributed by atoms with van der Waals surface area (Å²) in [6, 6.07) is 5.77. The lowest BCUT2D eigenvalue weighted by atomic mass is 10.2. The Bertz CT molecular complexity index is 993. The third-order valence-electron chi connectivity index (χ3n) is 4.94. The smallest absolute Gasteiger partial charge is 0.238 e. The molecular formula is C19H22FN7O. The predicted molar refractivity (Wildman–Crippen MR) is 105 cm³/mol. The summed E-state index contributed by atoms with van der Waals surface area (Å²) >= 11 is 0. The Morgan fingerprint density at radius 3 is 2.57 bits per heavy atom. The number of carbonyl (C=O) groups excluding carboxylic acids is 1. The van der Waals surface area contributed by atoms with Crippen molar-refractivity contribution in [2.75, 3.05) is 42.9 Å². The number of aryl methyl sites for hydroxylation is 2. The van der Waals surface area contributed by atoms with Gasteiger partial charge in [-0.05, 0) is 31.2 Å². The Morgan fingerprint density at radius 2 is 1.86 bits per heavy atom. The minimum absolute atomic E-state index is 0.105. The van der Waals surface area contributed by atoms with E-state index < -0.39 is 0 Å². The van der Waals surface area contributed by atoms with Crippen LogP contribution in [-0.4, -0.2) is 63.3 Å². The van der Waals surface area contributed by atoms with Crippen molar-refractivity contribution in [1.82, 2.24) is 24.6 Å². The first kappa shape index (κ1) is 18.3. The molecule has 3 aromatic rings. The molecule has 28 heavy (non-hydrogen) atoms. The zero-order valence-electron chi connectivity index (χ0n) is 15.9. The monoisotopic (exact) mass is 383 g/mol. The molecule has 0 radical (unpaired) electrons. The lowest BCUT2D eigenvalue weighted by molar-refractivity contribution is -0.117. The molecule has 2 aromatic heterocycles. The molecule has 9 heteroatoms. The normalized spacial score (nSPS) is 15.2. The second-order valence-corrected chi connectivity index (χ2v) is 6.92. The number of nitrogens with zero attached hydrogens (tertiary/aromatic N) is 6. The highest BCUT2D eigenvalue weighted by atomic mass is 19.1. The minimum atomic E-state index is -0.323. The number of nitrogens with one attached hydrogen (secondary N) is 1. The van der Waals surface area contributed by atoms with Crippen LogP contribution in [0.2, 0.25) is 0 Å². The Kier molecular flexibility index (Phi) is 4.91. The molecule has 1 aliphatic heterocycles. The van der Waals surface area contributed by atoms with E-state index in [0.717, 1.165) is 48.7 Å². The summed E-state index contributed by atoms with van der Waals surface area (Å²) in [5.74, 6) is 0.451. The molecule has 3 heterocycles. The summed E-state index contributed by atoms with van der Waals surface area (Å²) in [6.07, 6.45) is 1.58. The van der Waals surface area contributed by atoms with Gasteiger partial charge in [0.05, 0.1) is 12.2 Å². The topological polar surface area (TPSA) is 79.2 Å². The predicted octanol–water partition coefficient (Wildman–Crippen LogP) is 1.57. The van der Waals surface area contributed by atoms with Crippen molar-refractivity contribution in [3.63, 3.8) is 0 Å². The lowest BCUT2D eigenvalue weighted by Gasteiger charge is -2.35. The maximum Gasteiger partial charge on any atom is 0.238 e. The van der Waals surface area contributed by atoms with Crippen molar-refractivity contribution in [2.45, 2.75) is 6.92 Å². The molecule has 0 saturated carbocycles. The highest BCUT2D eigenvalue weighted by Crippen LogP contribution is 2.25. The van der Waals surface area contributed by atoms with Crippen molar-refractivity contribution < 1.29 is 9.18 Å². The van der Waals surface area contributed by atoms with E-state index in [2.05, 4.69) is 30.2 Å². The van der Waals surface area contributed by atoms with Gasteiger partial charge in [0, 0.05) is 38.9 Å². The molecule has 8 nitrogen and oxygen atoms in total. The Hall–Kier alpha value is -3.07. The standard InChI is InChI=1S/C19H22FN7O/c1-13-17-18(25(2)24-13)19(22-12-21-17)27-9-7-26(8-10-27)11-16(28)23-15-5-3-14(20)4-6-15/h3-6,12H,7-11H2,1-2H3,(H,23,28). The number of fused-ring (bicyclic) bond motifs is 1. The molecule has 0 atom stereocenters. The fraction of sp³-hybridized carbons (Fsp3) is 0.368. The van der Waals surface area contributed by atoms with Gasteiger partial charge in [-0.1, -0.05) is 0 Å². The first-order chi connectivity index (χ1) is 13.5. The van der Waals surface area contributed by atoms with Crippen LogP contribution in [0.25, 0.3) is 11.0 Å². The van der Waals surface area contributed by atoms with E-state index >= 15 is 0 Å². The van der Waals surface area contributed by atoms with Gasteiger partial charge in [0.25, 0.3) is 0 Å². The molecule has 1 amide bonds. The van der Waals surface area contributed by atoms with Gasteiger partial charge in [-0.25, -0.2) is 14.4 Å². The highest BCUT2D eigenvalue weighted by Gasteiger charge is 2.23. The molecule has 0 spiro atoms. The number of anilines is 2. The van der Waals surface area contributed by atoms with Crippen LogP contribution in [0.1, 0.15) is 5.69 Å². The van der Waals surface area contributed by atoms with Gasteiger partial charge in [0.15, 0.2) is 5.82 Å². The zero-order chi connectivity index (χ0) is 19.7. The van der Waals surface area contributed by atoms with Gasteiger partial charge in [-0.15, -0.1) is 0 Å². The second-order valence-electron chi connectivity index (χ2n) is 6.92. The average Bonchev–Trinajstić information content (AvgIpc) is 2.98. The van der Waals surface area contributed by atoms with Gasteiger partial charge in [-0.3, -0.25) is 14.4 Å². The van der Waals surface area contributed by atoms with E-state index in [1.807, 2.05) is 18.7 Å². The summed E-state index contributed by atoms with van der Waals surface area (Å²) < 4.78 is 14.8. The zero-order valence-corrected chi connectivity index (χ0v) is 15.9. The van der Waals surface area contributed by atoms with E-state index in [-0.39, 0.29) is 11.7 Å². The molecule has 0 bridgehead atoms. The van der Waals surface area contributed by atoms with Gasteiger partial charge in [-0.2, -0.15) is 5.10 Å². The van der Waals surface area contributed by atoms with Gasteiger partial charge in [0.1, 0.15) is 23.2 Å². The molecule has 0 unspecified atom stereocenters. The number of hydrogen-bond acceptors (Lipinski definition) is 6. The molecule has 1 aromatic carbocycles. The molecule has 1 N–H and O–H groups in total. The van der Waals surface area contributed by atoms with Gasteiger partial charge < -0.3 is 10.2 Å². The maximum absolute atomic E-state index is 13.0. The van der Waals surface area contributed by atoms with Crippen LogP contribution in [0.3, 0.4) is 0 Å². The Labute approximate surface area is 162 Å². The Balaban J connectivity index is 1.37. The summed E-state index contributed by atoms with van der Waals surface area (Å²) in [7, 11) is 1.90. The quantitative estimate of drug-likeness (QED) is 0.737. The molecule has 146 valence electrons. The lowest BCUT2D eigenvalue weighted by Crippen LogP contribution is -2.49. The number of halogens is 1. The van der Waals surface area contributed by atoms with Crippen molar-refractivity contribution in [3.05, 3.63) is 42.1 Å². The van der Waals surface area contributed by atoms with Crippen LogP contribution in [-0.2, 0) is 11.8 Å². The summed E-state index contributed by atoms with van der Waals surface area (Å²) in [5.41, 5.74) is 3.29. The fourth-order valence-corrected chi connectivity index (χ4v) is 3.54.